The third kappa shape index (κ3) is 3.61. The lowest BCUT2D eigenvalue weighted by Gasteiger charge is -2.24. The van der Waals surface area contributed by atoms with Crippen LogP contribution in [0.5, 0.6) is 5.75 Å². The molecule has 0 saturated heterocycles. The third-order valence-corrected chi connectivity index (χ3v) is 5.28. The maximum atomic E-state index is 14.4. The van der Waals surface area contributed by atoms with Crippen molar-refractivity contribution >= 4 is 17.6 Å². The minimum atomic E-state index is -0.906. The summed E-state index contributed by atoms with van der Waals surface area (Å²) in [6, 6.07) is 13.9. The Kier molecular flexibility index (Phi) is 5.30. The summed E-state index contributed by atoms with van der Waals surface area (Å²) in [5, 5.41) is 9.69. The zero-order valence-electron chi connectivity index (χ0n) is 15.6. The molecule has 150 valence electrons. The SMILES string of the molecule is COc1c(F)cccc1C1OC(CCC(=O)O)c2cccn2-c2ccc(Cl)cc21. The Balaban J connectivity index is 1.91. The summed E-state index contributed by atoms with van der Waals surface area (Å²) < 4.78 is 28.1. The first-order chi connectivity index (χ1) is 14.0. The van der Waals surface area contributed by atoms with E-state index in [-0.39, 0.29) is 18.6 Å². The molecule has 2 atom stereocenters. The molecule has 7 heteroatoms. The van der Waals surface area contributed by atoms with E-state index in [0.29, 0.717) is 10.6 Å². The highest BCUT2D eigenvalue weighted by molar-refractivity contribution is 6.30. The number of aliphatic carboxylic acids is 1. The fraction of sp³-hybridized carbons (Fsp3) is 0.227. The van der Waals surface area contributed by atoms with Crippen LogP contribution in [0.15, 0.2) is 54.7 Å². The van der Waals surface area contributed by atoms with Crippen LogP contribution < -0.4 is 4.74 Å². The van der Waals surface area contributed by atoms with Gasteiger partial charge in [0.05, 0.1) is 24.6 Å². The second-order valence-electron chi connectivity index (χ2n) is 6.81. The molecule has 0 amide bonds. The van der Waals surface area contributed by atoms with E-state index in [2.05, 4.69) is 0 Å². The van der Waals surface area contributed by atoms with Crippen molar-refractivity contribution in [1.29, 1.82) is 0 Å². The van der Waals surface area contributed by atoms with Crippen molar-refractivity contribution in [3.63, 3.8) is 0 Å². The van der Waals surface area contributed by atoms with Crippen molar-refractivity contribution in [3.05, 3.63) is 82.4 Å². The standard InChI is InChI=1S/C22H19ClFNO4/c1-28-22-14(4-2-5-16(22)24)21-15-12-13(23)7-8-17(15)25-11-3-6-18(25)19(29-21)9-10-20(26)27/h2-8,11-12,19,21H,9-10H2,1H3,(H,26,27). The Bertz CT molecular complexity index is 1060. The van der Waals surface area contributed by atoms with Gasteiger partial charge in [-0.2, -0.15) is 0 Å². The van der Waals surface area contributed by atoms with E-state index in [1.165, 1.54) is 13.2 Å². The van der Waals surface area contributed by atoms with Gasteiger partial charge in [0.15, 0.2) is 11.6 Å². The molecule has 0 radical (unpaired) electrons. The van der Waals surface area contributed by atoms with Gasteiger partial charge in [0, 0.05) is 28.8 Å². The summed E-state index contributed by atoms with van der Waals surface area (Å²) in [5.74, 6) is -1.31. The smallest absolute Gasteiger partial charge is 0.303 e. The summed E-state index contributed by atoms with van der Waals surface area (Å²) in [6.07, 6.45) is 0.915. The van der Waals surface area contributed by atoms with Gasteiger partial charge in [-0.1, -0.05) is 23.7 Å². The van der Waals surface area contributed by atoms with Gasteiger partial charge in [-0.25, -0.2) is 4.39 Å². The molecule has 1 aromatic heterocycles. The first-order valence-corrected chi connectivity index (χ1v) is 9.54. The van der Waals surface area contributed by atoms with Crippen LogP contribution in [0, 0.1) is 5.82 Å². The monoisotopic (exact) mass is 415 g/mol. The number of para-hydroxylation sites is 1. The van der Waals surface area contributed by atoms with Crippen molar-refractivity contribution in [2.24, 2.45) is 0 Å². The van der Waals surface area contributed by atoms with Gasteiger partial charge < -0.3 is 19.1 Å². The second-order valence-corrected chi connectivity index (χ2v) is 7.24. The molecule has 3 aromatic rings. The van der Waals surface area contributed by atoms with Gasteiger partial charge >= 0.3 is 5.97 Å². The zero-order chi connectivity index (χ0) is 20.5. The van der Waals surface area contributed by atoms with Crippen LogP contribution in [0.2, 0.25) is 5.02 Å². The number of methoxy groups -OCH3 is 1. The van der Waals surface area contributed by atoms with Crippen molar-refractivity contribution < 1.29 is 23.8 Å². The number of benzene rings is 2. The molecule has 0 spiro atoms. The summed E-state index contributed by atoms with van der Waals surface area (Å²) in [7, 11) is 1.41. The number of nitrogens with zero attached hydrogens (tertiary/aromatic N) is 1. The highest BCUT2D eigenvalue weighted by atomic mass is 35.5. The van der Waals surface area contributed by atoms with Gasteiger partial charge in [-0.05, 0) is 42.8 Å². The topological polar surface area (TPSA) is 60.7 Å². The number of hydrogen-bond donors (Lipinski definition) is 1. The third-order valence-electron chi connectivity index (χ3n) is 5.05. The number of rotatable bonds is 5. The van der Waals surface area contributed by atoms with E-state index < -0.39 is 24.0 Å². The lowest BCUT2D eigenvalue weighted by molar-refractivity contribution is -0.138. The minimum absolute atomic E-state index is 0.0556. The number of carboxylic acid groups (broad SMARTS) is 1. The second kappa shape index (κ2) is 7.89. The number of aromatic nitrogens is 1. The normalized spacial score (nSPS) is 17.9. The molecule has 0 saturated carbocycles. The number of halogens is 2. The maximum absolute atomic E-state index is 14.4. The van der Waals surface area contributed by atoms with E-state index in [9.17, 15) is 14.3 Å². The molecule has 1 aliphatic heterocycles. The van der Waals surface area contributed by atoms with Gasteiger partial charge in [-0.3, -0.25) is 4.79 Å². The lowest BCUT2D eigenvalue weighted by Crippen LogP contribution is -2.13. The first-order valence-electron chi connectivity index (χ1n) is 9.16. The summed E-state index contributed by atoms with van der Waals surface area (Å²) in [4.78, 5) is 11.2. The Morgan fingerprint density at radius 2 is 2.07 bits per heavy atom. The van der Waals surface area contributed by atoms with Gasteiger partial charge in [0.2, 0.25) is 0 Å². The predicted octanol–water partition coefficient (Wildman–Crippen LogP) is 5.30. The highest BCUT2D eigenvalue weighted by Crippen LogP contribution is 2.44. The molecule has 1 N–H and O–H groups in total. The van der Waals surface area contributed by atoms with Crippen LogP contribution in [0.25, 0.3) is 5.69 Å². The van der Waals surface area contributed by atoms with Crippen LogP contribution in [-0.2, 0) is 9.53 Å². The fourth-order valence-electron chi connectivity index (χ4n) is 3.80. The molecule has 4 rings (SSSR count). The van der Waals surface area contributed by atoms with E-state index in [1.54, 1.807) is 24.3 Å². The molecular weight excluding hydrogens is 397 g/mol. The van der Waals surface area contributed by atoms with E-state index in [4.69, 9.17) is 21.1 Å². The minimum Gasteiger partial charge on any atom is -0.493 e. The van der Waals surface area contributed by atoms with Gasteiger partial charge in [-0.15, -0.1) is 0 Å². The summed E-state index contributed by atoms with van der Waals surface area (Å²) >= 11 is 6.28. The van der Waals surface area contributed by atoms with Crippen LogP contribution in [0.3, 0.4) is 0 Å². The van der Waals surface area contributed by atoms with Crippen LogP contribution in [-0.4, -0.2) is 22.8 Å². The van der Waals surface area contributed by atoms with E-state index in [1.807, 2.05) is 29.0 Å². The first kappa shape index (κ1) is 19.5. The van der Waals surface area contributed by atoms with Crippen LogP contribution >= 0.6 is 11.6 Å². The van der Waals surface area contributed by atoms with Gasteiger partial charge in [0.1, 0.15) is 6.10 Å². The molecule has 29 heavy (non-hydrogen) atoms. The molecule has 2 aromatic carbocycles. The van der Waals surface area contributed by atoms with E-state index >= 15 is 0 Å². The predicted molar refractivity (Wildman–Crippen MR) is 106 cm³/mol. The number of hydrogen-bond acceptors (Lipinski definition) is 3. The Morgan fingerprint density at radius 1 is 1.24 bits per heavy atom. The molecule has 0 bridgehead atoms. The molecule has 0 fully saturated rings. The van der Waals surface area contributed by atoms with E-state index in [0.717, 1.165) is 16.9 Å². The average Bonchev–Trinajstić information content (AvgIpc) is 3.13. The fourth-order valence-corrected chi connectivity index (χ4v) is 3.98. The molecule has 1 aliphatic rings. The number of carbonyl (C=O) groups is 1. The van der Waals surface area contributed by atoms with Crippen molar-refractivity contribution in [3.8, 4) is 11.4 Å². The number of fused-ring (bicyclic) bond motifs is 3. The molecule has 0 aliphatic carbocycles. The van der Waals surface area contributed by atoms with Crippen LogP contribution in [0.4, 0.5) is 4.39 Å². The van der Waals surface area contributed by atoms with Crippen LogP contribution in [0.1, 0.15) is 41.9 Å². The van der Waals surface area contributed by atoms with Crippen molar-refractivity contribution in [2.75, 3.05) is 7.11 Å². The molecule has 2 unspecified atom stereocenters. The summed E-state index contributed by atoms with van der Waals surface area (Å²) in [6.45, 7) is 0. The lowest BCUT2D eigenvalue weighted by atomic mass is 9.98. The molecule has 2 heterocycles. The largest absolute Gasteiger partial charge is 0.493 e. The maximum Gasteiger partial charge on any atom is 0.303 e. The summed E-state index contributed by atoms with van der Waals surface area (Å²) in [5.41, 5.74) is 2.93. The molecule has 5 nitrogen and oxygen atoms in total. The van der Waals surface area contributed by atoms with Crippen molar-refractivity contribution in [1.82, 2.24) is 4.57 Å². The molecular formula is C22H19ClFNO4. The van der Waals surface area contributed by atoms with Crippen molar-refractivity contribution in [2.45, 2.75) is 25.0 Å². The number of ether oxygens (including phenoxy) is 2. The Labute approximate surface area is 172 Å². The Hall–Kier alpha value is -2.83. The quantitative estimate of drug-likeness (QED) is 0.614. The Morgan fingerprint density at radius 3 is 2.83 bits per heavy atom. The zero-order valence-corrected chi connectivity index (χ0v) is 16.4. The van der Waals surface area contributed by atoms with Gasteiger partial charge in [0.25, 0.3) is 0 Å². The average molecular weight is 416 g/mol. The highest BCUT2D eigenvalue weighted by Gasteiger charge is 2.32. The number of carboxylic acids is 1.